The molecule has 1 aromatic heterocycles. The fraction of sp³-hybridized carbons (Fsp3) is 0.667. The maximum atomic E-state index is 9.53. The minimum Gasteiger partial charge on any atom is -0.467 e. The van der Waals surface area contributed by atoms with Crippen molar-refractivity contribution in [2.75, 3.05) is 25.6 Å². The summed E-state index contributed by atoms with van der Waals surface area (Å²) in [6, 6.07) is 0.284. The Kier molecular flexibility index (Phi) is 4.24. The number of halogens is 1. The Morgan fingerprint density at radius 2 is 2.22 bits per heavy atom. The predicted molar refractivity (Wildman–Crippen MR) is 70.1 cm³/mol. The van der Waals surface area contributed by atoms with Crippen molar-refractivity contribution in [3.8, 4) is 6.01 Å². The molecule has 100 valence electrons. The van der Waals surface area contributed by atoms with E-state index in [0.29, 0.717) is 17.4 Å². The summed E-state index contributed by atoms with van der Waals surface area (Å²) >= 11 is 6.02. The van der Waals surface area contributed by atoms with Crippen molar-refractivity contribution in [2.45, 2.75) is 25.7 Å². The van der Waals surface area contributed by atoms with Crippen molar-refractivity contribution in [1.82, 2.24) is 9.97 Å². The van der Waals surface area contributed by atoms with Gasteiger partial charge < -0.3 is 15.2 Å². The Morgan fingerprint density at radius 3 is 2.83 bits per heavy atom. The van der Waals surface area contributed by atoms with Crippen LogP contribution in [0.25, 0.3) is 0 Å². The molecule has 1 aliphatic rings. The van der Waals surface area contributed by atoms with Crippen molar-refractivity contribution in [3.05, 3.63) is 11.2 Å². The third-order valence-corrected chi connectivity index (χ3v) is 3.81. The third kappa shape index (κ3) is 2.84. The standard InChI is InChI=1S/C12H18ClN3O2/c1-18-11-14-6-9(13)10(16-11)15-7-12(8-17)4-2-3-5-12/h6,17H,2-5,7-8H2,1H3,(H,14,15,16). The van der Waals surface area contributed by atoms with Gasteiger partial charge in [0.15, 0.2) is 5.82 Å². The maximum absolute atomic E-state index is 9.53. The predicted octanol–water partition coefficient (Wildman–Crippen LogP) is 2.10. The molecule has 1 heterocycles. The summed E-state index contributed by atoms with van der Waals surface area (Å²) < 4.78 is 4.96. The molecule has 0 atom stereocenters. The van der Waals surface area contributed by atoms with E-state index in [9.17, 15) is 5.11 Å². The highest BCUT2D eigenvalue weighted by Gasteiger charge is 2.33. The first-order chi connectivity index (χ1) is 8.69. The summed E-state index contributed by atoms with van der Waals surface area (Å²) in [7, 11) is 1.51. The first kappa shape index (κ1) is 13.4. The second kappa shape index (κ2) is 5.71. The smallest absolute Gasteiger partial charge is 0.318 e. The number of aliphatic hydroxyl groups excluding tert-OH is 1. The SMILES string of the molecule is COc1ncc(Cl)c(NCC2(CO)CCCC2)n1. The molecular weight excluding hydrogens is 254 g/mol. The second-order valence-corrected chi connectivity index (χ2v) is 5.18. The van der Waals surface area contributed by atoms with Crippen LogP contribution in [0.15, 0.2) is 6.20 Å². The van der Waals surface area contributed by atoms with Crippen molar-refractivity contribution in [1.29, 1.82) is 0 Å². The van der Waals surface area contributed by atoms with Crippen LogP contribution in [-0.4, -0.2) is 35.3 Å². The van der Waals surface area contributed by atoms with Gasteiger partial charge in [0.1, 0.15) is 5.02 Å². The summed E-state index contributed by atoms with van der Waals surface area (Å²) in [5, 5.41) is 13.2. The lowest BCUT2D eigenvalue weighted by atomic mass is 9.87. The van der Waals surface area contributed by atoms with Crippen LogP contribution in [0, 0.1) is 5.41 Å². The Labute approximate surface area is 112 Å². The zero-order valence-electron chi connectivity index (χ0n) is 10.4. The first-order valence-corrected chi connectivity index (χ1v) is 6.48. The van der Waals surface area contributed by atoms with Crippen molar-refractivity contribution < 1.29 is 9.84 Å². The molecule has 18 heavy (non-hydrogen) atoms. The molecule has 1 aliphatic carbocycles. The first-order valence-electron chi connectivity index (χ1n) is 6.10. The number of hydrogen-bond donors (Lipinski definition) is 2. The lowest BCUT2D eigenvalue weighted by Gasteiger charge is -2.27. The number of nitrogens with one attached hydrogen (secondary N) is 1. The zero-order chi connectivity index (χ0) is 13.0. The van der Waals surface area contributed by atoms with Gasteiger partial charge in [-0.05, 0) is 12.8 Å². The molecule has 0 bridgehead atoms. The van der Waals surface area contributed by atoms with E-state index in [1.165, 1.54) is 26.1 Å². The highest BCUT2D eigenvalue weighted by atomic mass is 35.5. The number of rotatable bonds is 5. The molecule has 2 rings (SSSR count). The summed E-state index contributed by atoms with van der Waals surface area (Å²) in [6.45, 7) is 0.864. The molecule has 0 unspecified atom stereocenters. The van der Waals surface area contributed by atoms with Gasteiger partial charge in [-0.3, -0.25) is 0 Å². The van der Waals surface area contributed by atoms with E-state index >= 15 is 0 Å². The topological polar surface area (TPSA) is 67.3 Å². The Hall–Kier alpha value is -1.07. The van der Waals surface area contributed by atoms with Gasteiger partial charge in [0.05, 0.1) is 19.9 Å². The molecule has 0 radical (unpaired) electrons. The summed E-state index contributed by atoms with van der Waals surface area (Å²) in [6.07, 6.45) is 5.93. The van der Waals surface area contributed by atoms with E-state index in [2.05, 4.69) is 15.3 Å². The Balaban J connectivity index is 2.05. The molecule has 0 aromatic carbocycles. The highest BCUT2D eigenvalue weighted by Crippen LogP contribution is 2.38. The summed E-state index contributed by atoms with van der Waals surface area (Å²) in [5.74, 6) is 0.559. The second-order valence-electron chi connectivity index (χ2n) is 4.77. The van der Waals surface area contributed by atoms with E-state index in [4.69, 9.17) is 16.3 Å². The number of anilines is 1. The molecule has 0 saturated heterocycles. The average molecular weight is 272 g/mol. The van der Waals surface area contributed by atoms with Crippen molar-refractivity contribution >= 4 is 17.4 Å². The zero-order valence-corrected chi connectivity index (χ0v) is 11.2. The van der Waals surface area contributed by atoms with Gasteiger partial charge >= 0.3 is 6.01 Å². The van der Waals surface area contributed by atoms with E-state index in [1.54, 1.807) is 0 Å². The van der Waals surface area contributed by atoms with Gasteiger partial charge in [0, 0.05) is 12.0 Å². The Morgan fingerprint density at radius 1 is 1.50 bits per heavy atom. The van der Waals surface area contributed by atoms with Crippen LogP contribution in [0.1, 0.15) is 25.7 Å². The number of nitrogens with zero attached hydrogens (tertiary/aromatic N) is 2. The monoisotopic (exact) mass is 271 g/mol. The van der Waals surface area contributed by atoms with Gasteiger partial charge in [-0.1, -0.05) is 24.4 Å². The summed E-state index contributed by atoms with van der Waals surface area (Å²) in [4.78, 5) is 8.08. The lowest BCUT2D eigenvalue weighted by Crippen LogP contribution is -2.30. The minimum absolute atomic E-state index is 0.0402. The molecule has 1 saturated carbocycles. The van der Waals surface area contributed by atoms with Crippen molar-refractivity contribution in [3.63, 3.8) is 0 Å². The van der Waals surface area contributed by atoms with Crippen LogP contribution >= 0.6 is 11.6 Å². The van der Waals surface area contributed by atoms with Gasteiger partial charge in [-0.25, -0.2) is 4.98 Å². The van der Waals surface area contributed by atoms with Crippen LogP contribution in [0.2, 0.25) is 5.02 Å². The average Bonchev–Trinajstić information content (AvgIpc) is 2.87. The fourth-order valence-electron chi connectivity index (χ4n) is 2.36. The van der Waals surface area contributed by atoms with E-state index < -0.39 is 0 Å². The quantitative estimate of drug-likeness (QED) is 0.858. The molecule has 0 spiro atoms. The van der Waals surface area contributed by atoms with Gasteiger partial charge in [-0.15, -0.1) is 0 Å². The summed E-state index contributed by atoms with van der Waals surface area (Å²) in [5.41, 5.74) is -0.0402. The number of methoxy groups -OCH3 is 1. The maximum Gasteiger partial charge on any atom is 0.318 e. The van der Waals surface area contributed by atoms with Crippen LogP contribution in [0.4, 0.5) is 5.82 Å². The number of aliphatic hydroxyl groups is 1. The van der Waals surface area contributed by atoms with E-state index in [0.717, 1.165) is 12.8 Å². The fourth-order valence-corrected chi connectivity index (χ4v) is 2.52. The number of ether oxygens (including phenoxy) is 1. The van der Waals surface area contributed by atoms with Gasteiger partial charge in [-0.2, -0.15) is 4.98 Å². The third-order valence-electron chi connectivity index (χ3n) is 3.54. The van der Waals surface area contributed by atoms with E-state index in [-0.39, 0.29) is 18.0 Å². The van der Waals surface area contributed by atoms with Crippen LogP contribution < -0.4 is 10.1 Å². The Bertz CT molecular complexity index is 408. The molecule has 5 nitrogen and oxygen atoms in total. The number of hydrogen-bond acceptors (Lipinski definition) is 5. The molecule has 0 amide bonds. The van der Waals surface area contributed by atoms with Gasteiger partial charge in [0.2, 0.25) is 0 Å². The van der Waals surface area contributed by atoms with Crippen LogP contribution in [0.3, 0.4) is 0 Å². The van der Waals surface area contributed by atoms with Crippen LogP contribution in [-0.2, 0) is 0 Å². The largest absolute Gasteiger partial charge is 0.467 e. The molecule has 0 aliphatic heterocycles. The van der Waals surface area contributed by atoms with Crippen LogP contribution in [0.5, 0.6) is 6.01 Å². The molecule has 1 fully saturated rings. The molecule has 2 N–H and O–H groups in total. The molecule has 6 heteroatoms. The molecular formula is C12H18ClN3O2. The van der Waals surface area contributed by atoms with Gasteiger partial charge in [0.25, 0.3) is 0 Å². The van der Waals surface area contributed by atoms with E-state index in [1.807, 2.05) is 0 Å². The lowest BCUT2D eigenvalue weighted by molar-refractivity contribution is 0.142. The molecule has 1 aromatic rings. The highest BCUT2D eigenvalue weighted by molar-refractivity contribution is 6.32. The number of aromatic nitrogens is 2. The normalized spacial score (nSPS) is 17.7. The van der Waals surface area contributed by atoms with Crippen molar-refractivity contribution in [2.24, 2.45) is 5.41 Å². The minimum atomic E-state index is -0.0402.